The van der Waals surface area contributed by atoms with E-state index < -0.39 is 6.03 Å². The van der Waals surface area contributed by atoms with Crippen LogP contribution in [0.5, 0.6) is 0 Å². The zero-order valence-electron chi connectivity index (χ0n) is 13.6. The summed E-state index contributed by atoms with van der Waals surface area (Å²) in [5.74, 6) is 0.435. The monoisotopic (exact) mass is 365 g/mol. The number of nitrogens with one attached hydrogen (secondary N) is 3. The van der Waals surface area contributed by atoms with E-state index in [4.69, 9.17) is 0 Å². The summed E-state index contributed by atoms with van der Waals surface area (Å²) in [4.78, 5) is 28.5. The third-order valence-corrected chi connectivity index (χ3v) is 4.61. The molecule has 3 amide bonds. The summed E-state index contributed by atoms with van der Waals surface area (Å²) in [7, 11) is 0. The molecule has 0 spiro atoms. The van der Waals surface area contributed by atoms with Gasteiger partial charge in [-0.05, 0) is 11.6 Å². The minimum atomic E-state index is -0.421. The van der Waals surface area contributed by atoms with Gasteiger partial charge in [0.15, 0.2) is 5.82 Å². The fourth-order valence-corrected chi connectivity index (χ4v) is 3.40. The van der Waals surface area contributed by atoms with Gasteiger partial charge in [0.1, 0.15) is 0 Å². The molecule has 0 radical (unpaired) electrons. The van der Waals surface area contributed by atoms with Gasteiger partial charge in [0.05, 0.1) is 12.5 Å². The lowest BCUT2D eigenvalue weighted by atomic mass is 9.97. The van der Waals surface area contributed by atoms with Crippen molar-refractivity contribution >= 4 is 34.3 Å². The first-order valence-electron chi connectivity index (χ1n) is 8.04. The second-order valence-electron chi connectivity index (χ2n) is 5.78. The van der Waals surface area contributed by atoms with Crippen LogP contribution in [0.25, 0.3) is 11.4 Å². The number of anilines is 2. The van der Waals surface area contributed by atoms with Crippen LogP contribution in [-0.2, 0) is 4.79 Å². The van der Waals surface area contributed by atoms with E-state index >= 15 is 0 Å². The van der Waals surface area contributed by atoms with Crippen LogP contribution in [0.3, 0.4) is 0 Å². The highest BCUT2D eigenvalue weighted by Gasteiger charge is 2.26. The Morgan fingerprint density at radius 1 is 1.12 bits per heavy atom. The van der Waals surface area contributed by atoms with Crippen molar-refractivity contribution < 1.29 is 9.59 Å². The summed E-state index contributed by atoms with van der Waals surface area (Å²) in [5.41, 5.74) is 2.48. The standard InChI is InChI=1S/C18H15N5O2S/c24-15-10-14(12-8-4-5-9-13(12)19-15)20-17(25)22-18-21-16(23-26-18)11-6-2-1-3-7-11/h1-9,14H,10H2,(H,19,24)(H2,20,21,22,23,25). The minimum absolute atomic E-state index is 0.128. The molecule has 1 aliphatic rings. The molecule has 0 bridgehead atoms. The lowest BCUT2D eigenvalue weighted by Gasteiger charge is -2.26. The summed E-state index contributed by atoms with van der Waals surface area (Å²) in [6.45, 7) is 0. The van der Waals surface area contributed by atoms with Crippen LogP contribution >= 0.6 is 11.5 Å². The highest BCUT2D eigenvalue weighted by atomic mass is 32.1. The maximum atomic E-state index is 12.3. The molecule has 0 fully saturated rings. The van der Waals surface area contributed by atoms with E-state index in [-0.39, 0.29) is 18.4 Å². The van der Waals surface area contributed by atoms with Crippen LogP contribution in [-0.4, -0.2) is 21.3 Å². The summed E-state index contributed by atoms with van der Waals surface area (Å²) in [5, 5.41) is 8.72. The Morgan fingerprint density at radius 2 is 1.88 bits per heavy atom. The van der Waals surface area contributed by atoms with E-state index in [2.05, 4.69) is 25.3 Å². The largest absolute Gasteiger partial charge is 0.330 e. The summed E-state index contributed by atoms with van der Waals surface area (Å²) >= 11 is 1.11. The van der Waals surface area contributed by atoms with Crippen molar-refractivity contribution in [1.82, 2.24) is 14.7 Å². The van der Waals surface area contributed by atoms with Crippen molar-refractivity contribution in [3.05, 3.63) is 60.2 Å². The number of hydrogen-bond donors (Lipinski definition) is 3. The molecule has 3 aromatic rings. The number of hydrogen-bond acceptors (Lipinski definition) is 5. The number of para-hydroxylation sites is 1. The van der Waals surface area contributed by atoms with E-state index in [1.807, 2.05) is 54.6 Å². The summed E-state index contributed by atoms with van der Waals surface area (Å²) in [6, 6.07) is 16.1. The zero-order valence-corrected chi connectivity index (χ0v) is 14.4. The number of rotatable bonds is 3. The van der Waals surface area contributed by atoms with Gasteiger partial charge in [-0.1, -0.05) is 48.5 Å². The van der Waals surface area contributed by atoms with Crippen LogP contribution in [0.2, 0.25) is 0 Å². The fraction of sp³-hybridized carbons (Fsp3) is 0.111. The summed E-state index contributed by atoms with van der Waals surface area (Å²) in [6.07, 6.45) is 0.190. The van der Waals surface area contributed by atoms with Crippen molar-refractivity contribution in [2.75, 3.05) is 10.6 Å². The molecule has 0 saturated heterocycles. The number of carbonyl (C=O) groups is 2. The SMILES string of the molecule is O=C1CC(NC(=O)Nc2nc(-c3ccccc3)ns2)c2ccccc2N1. The number of urea groups is 1. The van der Waals surface area contributed by atoms with Gasteiger partial charge in [0.25, 0.3) is 0 Å². The van der Waals surface area contributed by atoms with E-state index in [1.165, 1.54) is 0 Å². The van der Waals surface area contributed by atoms with Gasteiger partial charge < -0.3 is 10.6 Å². The minimum Gasteiger partial charge on any atom is -0.330 e. The van der Waals surface area contributed by atoms with Crippen molar-refractivity contribution in [3.63, 3.8) is 0 Å². The van der Waals surface area contributed by atoms with E-state index in [0.717, 1.165) is 28.3 Å². The number of carbonyl (C=O) groups excluding carboxylic acids is 2. The Hall–Kier alpha value is -3.26. The van der Waals surface area contributed by atoms with Crippen molar-refractivity contribution in [2.45, 2.75) is 12.5 Å². The molecule has 26 heavy (non-hydrogen) atoms. The molecule has 1 unspecified atom stereocenters. The average molecular weight is 365 g/mol. The molecule has 1 atom stereocenters. The molecule has 2 aromatic carbocycles. The Bertz CT molecular complexity index is 957. The molecule has 3 N–H and O–H groups in total. The van der Waals surface area contributed by atoms with Gasteiger partial charge >= 0.3 is 6.03 Å². The lowest BCUT2D eigenvalue weighted by molar-refractivity contribution is -0.116. The van der Waals surface area contributed by atoms with Crippen LogP contribution in [0, 0.1) is 0 Å². The van der Waals surface area contributed by atoms with E-state index in [1.54, 1.807) is 0 Å². The Morgan fingerprint density at radius 3 is 2.73 bits per heavy atom. The third-order valence-electron chi connectivity index (χ3n) is 3.98. The van der Waals surface area contributed by atoms with Gasteiger partial charge in [0.2, 0.25) is 11.0 Å². The second-order valence-corrected chi connectivity index (χ2v) is 6.53. The number of amides is 3. The topological polar surface area (TPSA) is 96.0 Å². The van der Waals surface area contributed by atoms with Crippen LogP contribution < -0.4 is 16.0 Å². The van der Waals surface area contributed by atoms with Gasteiger partial charge in [-0.3, -0.25) is 10.1 Å². The maximum absolute atomic E-state index is 12.3. The fourth-order valence-electron chi connectivity index (χ4n) is 2.81. The smallest absolute Gasteiger partial charge is 0.321 e. The Balaban J connectivity index is 1.45. The molecule has 7 nitrogen and oxygen atoms in total. The van der Waals surface area contributed by atoms with E-state index in [0.29, 0.717) is 11.0 Å². The normalized spacial score (nSPS) is 15.7. The van der Waals surface area contributed by atoms with Gasteiger partial charge in [-0.2, -0.15) is 9.36 Å². The molecule has 0 saturated carbocycles. The third kappa shape index (κ3) is 3.40. The molecule has 8 heteroatoms. The first kappa shape index (κ1) is 16.2. The van der Waals surface area contributed by atoms with Crippen LogP contribution in [0.15, 0.2) is 54.6 Å². The molecule has 2 heterocycles. The Kier molecular flexibility index (Phi) is 4.32. The molecule has 0 aliphatic carbocycles. The molecular weight excluding hydrogens is 350 g/mol. The lowest BCUT2D eigenvalue weighted by Crippen LogP contribution is -2.37. The zero-order chi connectivity index (χ0) is 17.9. The predicted octanol–water partition coefficient (Wildman–Crippen LogP) is 3.41. The van der Waals surface area contributed by atoms with Crippen LogP contribution in [0.1, 0.15) is 18.0 Å². The Labute approximate surface area is 153 Å². The van der Waals surface area contributed by atoms with E-state index in [9.17, 15) is 9.59 Å². The first-order chi connectivity index (χ1) is 12.7. The van der Waals surface area contributed by atoms with Crippen molar-refractivity contribution in [3.8, 4) is 11.4 Å². The molecule has 4 rings (SSSR count). The number of nitrogens with zero attached hydrogens (tertiary/aromatic N) is 2. The maximum Gasteiger partial charge on any atom is 0.321 e. The van der Waals surface area contributed by atoms with Crippen molar-refractivity contribution in [2.24, 2.45) is 0 Å². The van der Waals surface area contributed by atoms with Gasteiger partial charge in [-0.25, -0.2) is 4.79 Å². The predicted molar refractivity (Wildman–Crippen MR) is 99.9 cm³/mol. The highest BCUT2D eigenvalue weighted by Crippen LogP contribution is 2.30. The summed E-state index contributed by atoms with van der Waals surface area (Å²) < 4.78 is 4.26. The first-order valence-corrected chi connectivity index (χ1v) is 8.82. The van der Waals surface area contributed by atoms with Gasteiger partial charge in [0, 0.05) is 22.8 Å². The number of fused-ring (bicyclic) bond motifs is 1. The molecule has 1 aromatic heterocycles. The number of benzene rings is 2. The average Bonchev–Trinajstić information content (AvgIpc) is 3.10. The van der Waals surface area contributed by atoms with Crippen molar-refractivity contribution in [1.29, 1.82) is 0 Å². The number of aromatic nitrogens is 2. The molecule has 1 aliphatic heterocycles. The molecule has 130 valence electrons. The van der Waals surface area contributed by atoms with Gasteiger partial charge in [-0.15, -0.1) is 0 Å². The second kappa shape index (κ2) is 6.93. The highest BCUT2D eigenvalue weighted by molar-refractivity contribution is 7.10. The molecular formula is C18H15N5O2S. The van der Waals surface area contributed by atoms with Crippen LogP contribution in [0.4, 0.5) is 15.6 Å². The quantitative estimate of drug-likeness (QED) is 0.663.